The number of carbonyl (C=O) groups excluding carboxylic acids is 1. The van der Waals surface area contributed by atoms with Gasteiger partial charge in [-0.15, -0.1) is 11.8 Å². The van der Waals surface area contributed by atoms with Crippen molar-refractivity contribution < 1.29 is 19.0 Å². The number of aliphatic imine (C=N–C) groups is 1. The molecule has 1 unspecified atom stereocenters. The second-order valence-electron chi connectivity index (χ2n) is 10.4. The summed E-state index contributed by atoms with van der Waals surface area (Å²) in [6, 6.07) is 20.6. The molecule has 0 aliphatic carbocycles. The number of hydrogen-bond donors (Lipinski definition) is 2. The van der Waals surface area contributed by atoms with Crippen LogP contribution < -0.4 is 5.32 Å². The summed E-state index contributed by atoms with van der Waals surface area (Å²) in [5.41, 5.74) is 3.53. The van der Waals surface area contributed by atoms with Gasteiger partial charge in [-0.1, -0.05) is 32.0 Å². The van der Waals surface area contributed by atoms with Crippen LogP contribution in [0.4, 0.5) is 10.1 Å². The third-order valence-electron chi connectivity index (χ3n) is 6.48. The van der Waals surface area contributed by atoms with Crippen LogP contribution in [0.2, 0.25) is 0 Å². The second-order valence-corrected chi connectivity index (χ2v) is 11.6. The Morgan fingerprint density at radius 3 is 2.36 bits per heavy atom. The first-order valence-corrected chi connectivity index (χ1v) is 15.7. The van der Waals surface area contributed by atoms with Crippen LogP contribution in [0, 0.1) is 19.7 Å². The summed E-state index contributed by atoms with van der Waals surface area (Å²) >= 11 is 1.73. The van der Waals surface area contributed by atoms with Gasteiger partial charge in [0.2, 0.25) is 0 Å². The Kier molecular flexibility index (Phi) is 14.0. The number of ether oxygens (including phenoxy) is 1. The molecule has 2 N–H and O–H groups in total. The molecule has 1 amide bonds. The van der Waals surface area contributed by atoms with Gasteiger partial charge in [0, 0.05) is 48.0 Å². The van der Waals surface area contributed by atoms with Gasteiger partial charge >= 0.3 is 0 Å². The molecule has 0 spiro atoms. The first-order chi connectivity index (χ1) is 20.3. The van der Waals surface area contributed by atoms with Crippen LogP contribution in [0.1, 0.15) is 60.2 Å². The monoisotopic (exact) mass is 593 g/mol. The van der Waals surface area contributed by atoms with Crippen molar-refractivity contribution in [3.63, 3.8) is 0 Å². The van der Waals surface area contributed by atoms with Gasteiger partial charge in [-0.3, -0.25) is 4.79 Å². The van der Waals surface area contributed by atoms with E-state index in [1.54, 1.807) is 11.8 Å². The Morgan fingerprint density at radius 1 is 0.976 bits per heavy atom. The van der Waals surface area contributed by atoms with Crippen LogP contribution in [-0.4, -0.2) is 66.5 Å². The smallest absolute Gasteiger partial charge is 0.251 e. The van der Waals surface area contributed by atoms with Crippen molar-refractivity contribution in [2.24, 2.45) is 4.99 Å². The molecule has 0 radical (unpaired) electrons. The number of aliphatic hydroxyl groups is 1. The predicted octanol–water partition coefficient (Wildman–Crippen LogP) is 6.93. The molecule has 0 saturated heterocycles. The molecule has 1 atom stereocenters. The molecule has 0 aliphatic rings. The number of halogens is 1. The van der Waals surface area contributed by atoms with E-state index in [0.29, 0.717) is 36.7 Å². The van der Waals surface area contributed by atoms with E-state index in [9.17, 15) is 14.3 Å². The lowest BCUT2D eigenvalue weighted by Crippen LogP contribution is -2.34. The molecular weight excluding hydrogens is 549 g/mol. The standard InChI is InChI=1S/C34H44FN3O3S/c1-5-13-38(14-6-2)33(37-30-21-26(4)20-29(35)23-30)27-18-25(3)19-28(22-27)34(40)36-24-31(39)12-15-41-16-17-42-32-10-8-7-9-11-32/h7-11,18-23,31,39H,5-6,12-17,24H2,1-4H3,(H,36,40). The van der Waals surface area contributed by atoms with Gasteiger partial charge < -0.3 is 20.1 Å². The minimum Gasteiger partial charge on any atom is -0.391 e. The zero-order valence-electron chi connectivity index (χ0n) is 25.2. The average Bonchev–Trinajstić information content (AvgIpc) is 2.96. The van der Waals surface area contributed by atoms with E-state index in [2.05, 4.69) is 36.2 Å². The Morgan fingerprint density at radius 2 is 1.67 bits per heavy atom. The van der Waals surface area contributed by atoms with Crippen LogP contribution in [-0.2, 0) is 4.74 Å². The molecule has 0 fully saturated rings. The summed E-state index contributed by atoms with van der Waals surface area (Å²) in [5.74, 6) is 0.955. The van der Waals surface area contributed by atoms with E-state index < -0.39 is 6.10 Å². The summed E-state index contributed by atoms with van der Waals surface area (Å²) in [7, 11) is 0. The summed E-state index contributed by atoms with van der Waals surface area (Å²) < 4.78 is 19.9. The van der Waals surface area contributed by atoms with E-state index >= 15 is 0 Å². The molecule has 6 nitrogen and oxygen atoms in total. The van der Waals surface area contributed by atoms with Crippen LogP contribution in [0.3, 0.4) is 0 Å². The lowest BCUT2D eigenvalue weighted by molar-refractivity contribution is 0.0797. The van der Waals surface area contributed by atoms with Gasteiger partial charge in [0.1, 0.15) is 11.7 Å². The van der Waals surface area contributed by atoms with Gasteiger partial charge in [0.15, 0.2) is 0 Å². The second kappa shape index (κ2) is 17.7. The SMILES string of the molecule is CCCN(CCC)C(=Nc1cc(C)cc(F)c1)c1cc(C)cc(C(=O)NCC(O)CCOCCSc2ccccc2)c1. The highest BCUT2D eigenvalue weighted by Gasteiger charge is 2.17. The quantitative estimate of drug-likeness (QED) is 0.0815. The first kappa shape index (κ1) is 33.3. The molecule has 3 aromatic rings. The van der Waals surface area contributed by atoms with E-state index in [0.717, 1.165) is 48.4 Å². The molecular formula is C34H44FN3O3S. The van der Waals surface area contributed by atoms with Crippen molar-refractivity contribution in [2.45, 2.75) is 58.0 Å². The average molecular weight is 594 g/mol. The van der Waals surface area contributed by atoms with Crippen molar-refractivity contribution in [3.8, 4) is 0 Å². The summed E-state index contributed by atoms with van der Waals surface area (Å²) in [4.78, 5) is 21.4. The van der Waals surface area contributed by atoms with Gasteiger partial charge in [0.25, 0.3) is 5.91 Å². The molecule has 0 bridgehead atoms. The summed E-state index contributed by atoms with van der Waals surface area (Å²) in [5, 5.41) is 13.3. The van der Waals surface area contributed by atoms with Crippen LogP contribution in [0.15, 0.2) is 76.6 Å². The maximum Gasteiger partial charge on any atom is 0.251 e. The number of rotatable bonds is 16. The van der Waals surface area contributed by atoms with Gasteiger partial charge in [-0.25, -0.2) is 9.38 Å². The molecule has 226 valence electrons. The van der Waals surface area contributed by atoms with Gasteiger partial charge in [-0.2, -0.15) is 0 Å². The lowest BCUT2D eigenvalue weighted by Gasteiger charge is -2.26. The molecule has 0 aromatic heterocycles. The van der Waals surface area contributed by atoms with Crippen molar-refractivity contribution in [3.05, 3.63) is 94.8 Å². The van der Waals surface area contributed by atoms with Gasteiger partial charge in [-0.05, 0) is 92.8 Å². The topological polar surface area (TPSA) is 74.2 Å². The Balaban J connectivity index is 1.64. The van der Waals surface area contributed by atoms with Crippen molar-refractivity contribution in [1.29, 1.82) is 0 Å². The molecule has 42 heavy (non-hydrogen) atoms. The predicted molar refractivity (Wildman–Crippen MR) is 172 cm³/mol. The number of aryl methyl sites for hydroxylation is 2. The normalized spacial score (nSPS) is 12.3. The number of nitrogens with one attached hydrogen (secondary N) is 1. The molecule has 0 saturated carbocycles. The number of hydrogen-bond acceptors (Lipinski definition) is 5. The highest BCUT2D eigenvalue weighted by Crippen LogP contribution is 2.22. The molecule has 0 aliphatic heterocycles. The van der Waals surface area contributed by atoms with Crippen molar-refractivity contribution >= 4 is 29.2 Å². The first-order valence-electron chi connectivity index (χ1n) is 14.7. The van der Waals surface area contributed by atoms with Crippen LogP contribution >= 0.6 is 11.8 Å². The zero-order valence-corrected chi connectivity index (χ0v) is 26.1. The van der Waals surface area contributed by atoms with Crippen LogP contribution in [0.5, 0.6) is 0 Å². The Bertz CT molecular complexity index is 1280. The summed E-state index contributed by atoms with van der Waals surface area (Å²) in [6.45, 7) is 10.7. The lowest BCUT2D eigenvalue weighted by atomic mass is 10.0. The minimum atomic E-state index is -0.710. The fraction of sp³-hybridized carbons (Fsp3) is 0.412. The number of amides is 1. The number of amidine groups is 1. The van der Waals surface area contributed by atoms with Crippen LogP contribution in [0.25, 0.3) is 0 Å². The number of carbonyl (C=O) groups is 1. The zero-order chi connectivity index (χ0) is 30.3. The maximum absolute atomic E-state index is 14.2. The Labute approximate surface area is 254 Å². The van der Waals surface area contributed by atoms with E-state index in [1.807, 2.05) is 56.3 Å². The molecule has 8 heteroatoms. The fourth-order valence-corrected chi connectivity index (χ4v) is 5.39. The largest absolute Gasteiger partial charge is 0.391 e. The Hall–Kier alpha value is -3.20. The van der Waals surface area contributed by atoms with E-state index in [1.165, 1.54) is 17.0 Å². The number of nitrogens with zero attached hydrogens (tertiary/aromatic N) is 2. The van der Waals surface area contributed by atoms with Crippen molar-refractivity contribution in [2.75, 3.05) is 38.6 Å². The number of benzene rings is 3. The van der Waals surface area contributed by atoms with E-state index in [-0.39, 0.29) is 18.3 Å². The maximum atomic E-state index is 14.2. The fourth-order valence-electron chi connectivity index (χ4n) is 4.60. The highest BCUT2D eigenvalue weighted by molar-refractivity contribution is 7.99. The highest BCUT2D eigenvalue weighted by atomic mass is 32.2. The van der Waals surface area contributed by atoms with Crippen molar-refractivity contribution in [1.82, 2.24) is 10.2 Å². The third kappa shape index (κ3) is 11.2. The summed E-state index contributed by atoms with van der Waals surface area (Å²) in [6.07, 6.45) is 1.57. The molecule has 3 rings (SSSR count). The number of thioether (sulfide) groups is 1. The van der Waals surface area contributed by atoms with Gasteiger partial charge in [0.05, 0.1) is 18.4 Å². The number of aliphatic hydroxyl groups excluding tert-OH is 1. The van der Waals surface area contributed by atoms with E-state index in [4.69, 9.17) is 9.73 Å². The minimum absolute atomic E-state index is 0.130. The molecule has 3 aromatic carbocycles. The molecule has 0 heterocycles. The third-order valence-corrected chi connectivity index (χ3v) is 7.46.